The van der Waals surface area contributed by atoms with Gasteiger partial charge in [0.25, 0.3) is 5.91 Å². The second-order valence-corrected chi connectivity index (χ2v) is 6.71. The molecule has 4 nitrogen and oxygen atoms in total. The number of carbonyl (C=O) groups excluding carboxylic acids is 1. The maximum Gasteiger partial charge on any atom is 0.257 e. The summed E-state index contributed by atoms with van der Waals surface area (Å²) in [6, 6.07) is 17.3. The van der Waals surface area contributed by atoms with Crippen LogP contribution in [0.3, 0.4) is 0 Å². The Bertz CT molecular complexity index is 940. The molecule has 0 fully saturated rings. The Labute approximate surface area is 157 Å². The summed E-state index contributed by atoms with van der Waals surface area (Å²) in [6.07, 6.45) is 5.56. The minimum absolute atomic E-state index is 0.188. The Balaban J connectivity index is 1.59. The van der Waals surface area contributed by atoms with E-state index in [-0.39, 0.29) is 5.91 Å². The Morgan fingerprint density at radius 3 is 2.73 bits per heavy atom. The van der Waals surface area contributed by atoms with Crippen molar-refractivity contribution in [3.05, 3.63) is 83.1 Å². The maximum atomic E-state index is 12.6. The molecule has 0 radical (unpaired) electrons. The summed E-state index contributed by atoms with van der Waals surface area (Å²) in [5.74, 6) is -0.188. The average molecular weight is 364 g/mol. The van der Waals surface area contributed by atoms with Crippen molar-refractivity contribution in [2.45, 2.75) is 12.8 Å². The molecule has 26 heavy (non-hydrogen) atoms. The average Bonchev–Trinajstić information content (AvgIpc) is 2.69. The molecule has 0 spiro atoms. The fourth-order valence-corrected chi connectivity index (χ4v) is 3.36. The third kappa shape index (κ3) is 3.41. The standard InChI is InChI=1S/C21H18ClN3O/c22-17-7-9-18(10-8-17)24-21(26)16-12-19(14-23-13-16)25-11-3-5-15-4-1-2-6-20(15)25/h1-2,4,6-10,12-14H,3,5,11H2,(H,24,26). The largest absolute Gasteiger partial charge is 0.340 e. The number of pyridine rings is 1. The molecule has 3 aromatic rings. The monoisotopic (exact) mass is 363 g/mol. The van der Waals surface area contributed by atoms with Crippen LogP contribution >= 0.6 is 11.6 Å². The summed E-state index contributed by atoms with van der Waals surface area (Å²) in [6.45, 7) is 0.918. The number of aryl methyl sites for hydroxylation is 1. The topological polar surface area (TPSA) is 45.2 Å². The summed E-state index contributed by atoms with van der Waals surface area (Å²) >= 11 is 5.89. The fourth-order valence-electron chi connectivity index (χ4n) is 3.24. The van der Waals surface area contributed by atoms with Crippen LogP contribution in [0.15, 0.2) is 67.0 Å². The fraction of sp³-hybridized carbons (Fsp3) is 0.143. The van der Waals surface area contributed by atoms with E-state index in [1.165, 1.54) is 11.3 Å². The van der Waals surface area contributed by atoms with Crippen LogP contribution in [0, 0.1) is 0 Å². The molecule has 0 atom stereocenters. The Morgan fingerprint density at radius 1 is 1.08 bits per heavy atom. The number of carbonyl (C=O) groups is 1. The zero-order chi connectivity index (χ0) is 17.9. The Hall–Kier alpha value is -2.85. The molecule has 2 heterocycles. The van der Waals surface area contributed by atoms with Crippen LogP contribution in [0.25, 0.3) is 0 Å². The lowest BCUT2D eigenvalue weighted by molar-refractivity contribution is 0.102. The number of nitrogens with zero attached hydrogens (tertiary/aromatic N) is 2. The minimum Gasteiger partial charge on any atom is -0.340 e. The van der Waals surface area contributed by atoms with Gasteiger partial charge in [0.2, 0.25) is 0 Å². The number of halogens is 1. The lowest BCUT2D eigenvalue weighted by atomic mass is 10.0. The number of aromatic nitrogens is 1. The normalized spacial score (nSPS) is 13.2. The molecule has 1 aliphatic rings. The lowest BCUT2D eigenvalue weighted by Crippen LogP contribution is -2.25. The smallest absolute Gasteiger partial charge is 0.257 e. The number of benzene rings is 2. The van der Waals surface area contributed by atoms with Gasteiger partial charge in [-0.15, -0.1) is 0 Å². The molecule has 1 aliphatic heterocycles. The Morgan fingerprint density at radius 2 is 1.88 bits per heavy atom. The van der Waals surface area contributed by atoms with Gasteiger partial charge in [0, 0.05) is 29.1 Å². The van der Waals surface area contributed by atoms with Crippen molar-refractivity contribution in [1.29, 1.82) is 0 Å². The van der Waals surface area contributed by atoms with E-state index in [4.69, 9.17) is 11.6 Å². The zero-order valence-corrected chi connectivity index (χ0v) is 14.9. The highest BCUT2D eigenvalue weighted by Crippen LogP contribution is 2.33. The van der Waals surface area contributed by atoms with E-state index >= 15 is 0 Å². The van der Waals surface area contributed by atoms with E-state index in [2.05, 4.69) is 33.4 Å². The van der Waals surface area contributed by atoms with Crippen LogP contribution < -0.4 is 10.2 Å². The quantitative estimate of drug-likeness (QED) is 0.706. The van der Waals surface area contributed by atoms with Gasteiger partial charge in [0.1, 0.15) is 0 Å². The van der Waals surface area contributed by atoms with Gasteiger partial charge in [-0.2, -0.15) is 0 Å². The molecule has 0 aliphatic carbocycles. The molecule has 130 valence electrons. The first-order valence-electron chi connectivity index (χ1n) is 8.58. The second kappa shape index (κ2) is 7.18. The molecule has 5 heteroatoms. The van der Waals surface area contributed by atoms with Crippen LogP contribution in [-0.2, 0) is 6.42 Å². The first-order valence-corrected chi connectivity index (χ1v) is 8.96. The van der Waals surface area contributed by atoms with Gasteiger partial charge in [0.05, 0.1) is 17.4 Å². The van der Waals surface area contributed by atoms with Crippen molar-refractivity contribution in [3.63, 3.8) is 0 Å². The first-order chi connectivity index (χ1) is 12.7. The molecular weight excluding hydrogens is 346 g/mol. The van der Waals surface area contributed by atoms with Gasteiger partial charge in [-0.1, -0.05) is 29.8 Å². The highest BCUT2D eigenvalue weighted by atomic mass is 35.5. The Kier molecular flexibility index (Phi) is 4.59. The molecule has 1 aromatic heterocycles. The SMILES string of the molecule is O=C(Nc1ccc(Cl)cc1)c1cncc(N2CCCc3ccccc32)c1. The summed E-state index contributed by atoms with van der Waals surface area (Å²) in [4.78, 5) is 19.1. The third-order valence-corrected chi connectivity index (χ3v) is 4.76. The van der Waals surface area contributed by atoms with E-state index in [0.29, 0.717) is 16.3 Å². The molecule has 0 saturated heterocycles. The molecule has 1 amide bonds. The number of hydrogen-bond donors (Lipinski definition) is 1. The van der Waals surface area contributed by atoms with Crippen molar-refractivity contribution < 1.29 is 4.79 Å². The lowest BCUT2D eigenvalue weighted by Gasteiger charge is -2.31. The van der Waals surface area contributed by atoms with Gasteiger partial charge < -0.3 is 10.2 Å². The van der Waals surface area contributed by atoms with Gasteiger partial charge in [-0.3, -0.25) is 9.78 Å². The molecule has 0 unspecified atom stereocenters. The van der Waals surface area contributed by atoms with Crippen LogP contribution in [0.2, 0.25) is 5.02 Å². The molecule has 2 aromatic carbocycles. The number of anilines is 3. The van der Waals surface area contributed by atoms with Gasteiger partial charge in [0.15, 0.2) is 0 Å². The zero-order valence-electron chi connectivity index (χ0n) is 14.2. The van der Waals surface area contributed by atoms with Crippen molar-refractivity contribution in [1.82, 2.24) is 4.98 Å². The van der Waals surface area contributed by atoms with E-state index < -0.39 is 0 Å². The third-order valence-electron chi connectivity index (χ3n) is 4.51. The van der Waals surface area contributed by atoms with E-state index in [1.54, 1.807) is 36.7 Å². The molecule has 0 bridgehead atoms. The first kappa shape index (κ1) is 16.6. The van der Waals surface area contributed by atoms with Crippen LogP contribution in [0.5, 0.6) is 0 Å². The maximum absolute atomic E-state index is 12.6. The minimum atomic E-state index is -0.188. The number of amides is 1. The van der Waals surface area contributed by atoms with E-state index in [9.17, 15) is 4.79 Å². The molecule has 4 rings (SSSR count). The van der Waals surface area contributed by atoms with Crippen molar-refractivity contribution in [3.8, 4) is 0 Å². The summed E-state index contributed by atoms with van der Waals surface area (Å²) in [5.41, 5.74) is 4.68. The number of fused-ring (bicyclic) bond motifs is 1. The number of para-hydroxylation sites is 1. The summed E-state index contributed by atoms with van der Waals surface area (Å²) in [5, 5.41) is 3.51. The number of nitrogens with one attached hydrogen (secondary N) is 1. The van der Waals surface area contributed by atoms with Gasteiger partial charge >= 0.3 is 0 Å². The highest BCUT2D eigenvalue weighted by Gasteiger charge is 2.19. The number of hydrogen-bond acceptors (Lipinski definition) is 3. The van der Waals surface area contributed by atoms with Gasteiger partial charge in [-0.05, 0) is 54.8 Å². The van der Waals surface area contributed by atoms with Crippen molar-refractivity contribution >= 4 is 34.6 Å². The van der Waals surface area contributed by atoms with E-state index in [0.717, 1.165) is 25.1 Å². The highest BCUT2D eigenvalue weighted by molar-refractivity contribution is 6.30. The van der Waals surface area contributed by atoms with Gasteiger partial charge in [-0.25, -0.2) is 0 Å². The van der Waals surface area contributed by atoms with Crippen molar-refractivity contribution in [2.24, 2.45) is 0 Å². The van der Waals surface area contributed by atoms with Crippen LogP contribution in [0.1, 0.15) is 22.3 Å². The molecular formula is C21H18ClN3O. The predicted molar refractivity (Wildman–Crippen MR) is 105 cm³/mol. The summed E-state index contributed by atoms with van der Waals surface area (Å²) < 4.78 is 0. The predicted octanol–water partition coefficient (Wildman–Crippen LogP) is 5.07. The number of rotatable bonds is 3. The second-order valence-electron chi connectivity index (χ2n) is 6.28. The van der Waals surface area contributed by atoms with E-state index in [1.807, 2.05) is 12.1 Å². The molecule has 1 N–H and O–H groups in total. The summed E-state index contributed by atoms with van der Waals surface area (Å²) in [7, 11) is 0. The molecule has 0 saturated carbocycles. The van der Waals surface area contributed by atoms with Crippen LogP contribution in [0.4, 0.5) is 17.1 Å². The van der Waals surface area contributed by atoms with Crippen molar-refractivity contribution in [2.75, 3.05) is 16.8 Å². The van der Waals surface area contributed by atoms with Crippen LogP contribution in [-0.4, -0.2) is 17.4 Å².